The first-order chi connectivity index (χ1) is 16.5. The highest BCUT2D eigenvalue weighted by molar-refractivity contribution is 7.21. The van der Waals surface area contributed by atoms with E-state index in [2.05, 4.69) is 17.3 Å². The lowest BCUT2D eigenvalue weighted by Crippen LogP contribution is -2.28. The third-order valence-electron chi connectivity index (χ3n) is 6.13. The quantitative estimate of drug-likeness (QED) is 0.432. The molecule has 0 bridgehead atoms. The molecule has 0 radical (unpaired) electrons. The number of ether oxygens (including phenoxy) is 2. The number of nitrogens with zero attached hydrogens (tertiary/aromatic N) is 2. The van der Waals surface area contributed by atoms with Crippen LogP contribution in [0.25, 0.3) is 21.3 Å². The molecule has 0 fully saturated rings. The Morgan fingerprint density at radius 2 is 1.91 bits per heavy atom. The van der Waals surface area contributed by atoms with Crippen LogP contribution in [0.3, 0.4) is 0 Å². The highest BCUT2D eigenvalue weighted by atomic mass is 32.1. The van der Waals surface area contributed by atoms with Crippen molar-refractivity contribution in [2.75, 3.05) is 38.9 Å². The van der Waals surface area contributed by atoms with Crippen molar-refractivity contribution < 1.29 is 14.3 Å². The van der Waals surface area contributed by atoms with E-state index in [1.807, 2.05) is 48.5 Å². The number of nitrogens with one attached hydrogen (secondary N) is 1. The molecule has 7 nitrogen and oxygen atoms in total. The van der Waals surface area contributed by atoms with Gasteiger partial charge in [-0.15, -0.1) is 11.3 Å². The van der Waals surface area contributed by atoms with E-state index in [1.165, 1.54) is 11.3 Å². The van der Waals surface area contributed by atoms with Crippen LogP contribution in [0.2, 0.25) is 0 Å². The third kappa shape index (κ3) is 3.74. The number of nitrogen functional groups attached to an aromatic ring is 1. The molecule has 1 amide bonds. The second kappa shape index (κ2) is 8.96. The largest absolute Gasteiger partial charge is 0.493 e. The number of rotatable bonds is 5. The molecule has 0 atom stereocenters. The van der Waals surface area contributed by atoms with Gasteiger partial charge in [0.05, 0.1) is 19.9 Å². The predicted molar refractivity (Wildman–Crippen MR) is 137 cm³/mol. The molecule has 5 rings (SSSR count). The van der Waals surface area contributed by atoms with Crippen LogP contribution in [0.5, 0.6) is 11.5 Å². The minimum atomic E-state index is -0.245. The SMILES string of the molecule is COc1cccc(-c2c3c(nc4sc(C(=O)Nc5ccccc5)c(N)c24)CCN(C)C3)c1OC. The smallest absolute Gasteiger partial charge is 0.267 e. The summed E-state index contributed by atoms with van der Waals surface area (Å²) in [4.78, 5) is 21.6. The summed E-state index contributed by atoms with van der Waals surface area (Å²) < 4.78 is 11.4. The van der Waals surface area contributed by atoms with Crippen LogP contribution in [0.1, 0.15) is 20.9 Å². The second-order valence-electron chi connectivity index (χ2n) is 8.29. The van der Waals surface area contributed by atoms with Gasteiger partial charge in [-0.2, -0.15) is 0 Å². The van der Waals surface area contributed by atoms with Crippen molar-refractivity contribution in [3.63, 3.8) is 0 Å². The molecule has 2 aromatic carbocycles. The van der Waals surface area contributed by atoms with Crippen molar-refractivity contribution in [3.8, 4) is 22.6 Å². The summed E-state index contributed by atoms with van der Waals surface area (Å²) in [5.74, 6) is 1.03. The summed E-state index contributed by atoms with van der Waals surface area (Å²) in [7, 11) is 5.35. The lowest BCUT2D eigenvalue weighted by molar-refractivity contribution is 0.103. The number of likely N-dealkylation sites (N-methyl/N-ethyl adjacent to an activating group) is 1. The number of para-hydroxylation sites is 2. The van der Waals surface area contributed by atoms with Crippen LogP contribution in [-0.4, -0.2) is 43.6 Å². The molecule has 34 heavy (non-hydrogen) atoms. The number of aromatic nitrogens is 1. The Bertz CT molecular complexity index is 1380. The van der Waals surface area contributed by atoms with Crippen LogP contribution < -0.4 is 20.5 Å². The molecule has 4 aromatic rings. The van der Waals surface area contributed by atoms with E-state index in [-0.39, 0.29) is 5.91 Å². The van der Waals surface area contributed by atoms with Crippen LogP contribution in [0, 0.1) is 0 Å². The molecule has 0 saturated carbocycles. The molecule has 0 unspecified atom stereocenters. The molecule has 0 saturated heterocycles. The Kier molecular flexibility index (Phi) is 5.85. The Hall–Kier alpha value is -3.62. The van der Waals surface area contributed by atoms with Gasteiger partial charge in [-0.05, 0) is 30.8 Å². The van der Waals surface area contributed by atoms with Crippen molar-refractivity contribution in [1.29, 1.82) is 0 Å². The van der Waals surface area contributed by atoms with Crippen LogP contribution in [0.4, 0.5) is 11.4 Å². The predicted octanol–water partition coefficient (Wildman–Crippen LogP) is 4.80. The summed E-state index contributed by atoms with van der Waals surface area (Å²) >= 11 is 1.32. The molecular formula is C26H26N4O3S. The first kappa shape index (κ1) is 22.2. The van der Waals surface area contributed by atoms with Crippen LogP contribution in [0.15, 0.2) is 48.5 Å². The number of nitrogens with two attached hydrogens (primary N) is 1. The third-order valence-corrected chi connectivity index (χ3v) is 7.23. The van der Waals surface area contributed by atoms with Crippen LogP contribution >= 0.6 is 11.3 Å². The van der Waals surface area contributed by atoms with Gasteiger partial charge in [0.25, 0.3) is 5.91 Å². The number of hydrogen-bond donors (Lipinski definition) is 2. The van der Waals surface area contributed by atoms with E-state index >= 15 is 0 Å². The zero-order valence-corrected chi connectivity index (χ0v) is 20.2. The summed E-state index contributed by atoms with van der Waals surface area (Å²) in [5, 5.41) is 3.73. The minimum Gasteiger partial charge on any atom is -0.493 e. The number of benzene rings is 2. The van der Waals surface area contributed by atoms with Gasteiger partial charge in [-0.25, -0.2) is 4.98 Å². The number of pyridine rings is 1. The van der Waals surface area contributed by atoms with E-state index in [9.17, 15) is 4.79 Å². The van der Waals surface area contributed by atoms with E-state index in [1.54, 1.807) is 14.2 Å². The Morgan fingerprint density at radius 1 is 1.12 bits per heavy atom. The van der Waals surface area contributed by atoms with Crippen molar-refractivity contribution in [1.82, 2.24) is 9.88 Å². The molecule has 0 aliphatic carbocycles. The fourth-order valence-electron chi connectivity index (χ4n) is 4.52. The minimum absolute atomic E-state index is 0.245. The first-order valence-corrected chi connectivity index (χ1v) is 11.8. The molecular weight excluding hydrogens is 448 g/mol. The topological polar surface area (TPSA) is 89.7 Å². The average molecular weight is 475 g/mol. The van der Waals surface area contributed by atoms with Gasteiger partial charge in [0.2, 0.25) is 0 Å². The molecule has 0 spiro atoms. The van der Waals surface area contributed by atoms with Gasteiger partial charge < -0.3 is 25.4 Å². The average Bonchev–Trinajstić information content (AvgIpc) is 3.18. The summed E-state index contributed by atoms with van der Waals surface area (Å²) in [5.41, 5.74) is 11.8. The van der Waals surface area contributed by atoms with E-state index in [4.69, 9.17) is 20.2 Å². The number of carbonyl (C=O) groups is 1. The van der Waals surface area contributed by atoms with Gasteiger partial charge >= 0.3 is 0 Å². The highest BCUT2D eigenvalue weighted by Gasteiger charge is 2.29. The molecule has 1 aliphatic heterocycles. The monoisotopic (exact) mass is 474 g/mol. The standard InChI is InChI=1S/C26H26N4O3S/c1-30-13-12-18-17(14-30)20(16-10-7-11-19(32-2)23(16)33-3)21-22(27)24(34-26(21)29-18)25(31)28-15-8-5-4-6-9-15/h4-11H,12-14,27H2,1-3H3,(H,28,31). The van der Waals surface area contributed by atoms with Crippen LogP contribution in [-0.2, 0) is 13.0 Å². The lowest BCUT2D eigenvalue weighted by Gasteiger charge is -2.27. The fraction of sp³-hybridized carbons (Fsp3) is 0.231. The van der Waals surface area contributed by atoms with Gasteiger partial charge in [-0.1, -0.05) is 30.3 Å². The van der Waals surface area contributed by atoms with Crippen molar-refractivity contribution >= 4 is 38.8 Å². The lowest BCUT2D eigenvalue weighted by atomic mass is 9.91. The Labute approximate surface area is 202 Å². The van der Waals surface area contributed by atoms with Gasteiger partial charge in [-0.3, -0.25) is 4.79 Å². The maximum absolute atomic E-state index is 13.2. The molecule has 1 aliphatic rings. The number of hydrogen-bond acceptors (Lipinski definition) is 7. The molecule has 174 valence electrons. The fourth-order valence-corrected chi connectivity index (χ4v) is 5.54. The number of carbonyl (C=O) groups excluding carboxylic acids is 1. The number of anilines is 2. The zero-order valence-electron chi connectivity index (χ0n) is 19.3. The normalized spacial score (nSPS) is 13.5. The maximum Gasteiger partial charge on any atom is 0.267 e. The maximum atomic E-state index is 13.2. The first-order valence-electron chi connectivity index (χ1n) is 11.0. The van der Waals surface area contributed by atoms with E-state index < -0.39 is 0 Å². The number of fused-ring (bicyclic) bond motifs is 2. The number of methoxy groups -OCH3 is 2. The van der Waals surface area contributed by atoms with E-state index in [0.717, 1.165) is 52.1 Å². The number of thiophene rings is 1. The van der Waals surface area contributed by atoms with Crippen molar-refractivity contribution in [2.24, 2.45) is 0 Å². The van der Waals surface area contributed by atoms with Gasteiger partial charge in [0, 0.05) is 47.4 Å². The molecule has 3 heterocycles. The summed E-state index contributed by atoms with van der Waals surface area (Å²) in [6.07, 6.45) is 0.824. The highest BCUT2D eigenvalue weighted by Crippen LogP contribution is 2.48. The molecule has 2 aromatic heterocycles. The Morgan fingerprint density at radius 3 is 2.65 bits per heavy atom. The zero-order chi connectivity index (χ0) is 23.8. The van der Waals surface area contributed by atoms with Crippen molar-refractivity contribution in [2.45, 2.75) is 13.0 Å². The molecule has 8 heteroatoms. The van der Waals surface area contributed by atoms with E-state index in [0.29, 0.717) is 27.8 Å². The second-order valence-corrected chi connectivity index (χ2v) is 9.29. The summed E-state index contributed by atoms with van der Waals surface area (Å²) in [6, 6.07) is 15.2. The van der Waals surface area contributed by atoms with Gasteiger partial charge in [0.15, 0.2) is 11.5 Å². The summed E-state index contributed by atoms with van der Waals surface area (Å²) in [6.45, 7) is 1.65. The van der Waals surface area contributed by atoms with Gasteiger partial charge in [0.1, 0.15) is 9.71 Å². The number of amides is 1. The molecule has 3 N–H and O–H groups in total. The Balaban J connectivity index is 1.75. The van der Waals surface area contributed by atoms with Crippen molar-refractivity contribution in [3.05, 3.63) is 64.7 Å².